The number of hydrogen-bond donors (Lipinski definition) is 0. The maximum Gasteiger partial charge on any atom is 0.0242 e. The van der Waals surface area contributed by atoms with Gasteiger partial charge in [0.25, 0.3) is 0 Å². The van der Waals surface area contributed by atoms with Crippen molar-refractivity contribution in [2.24, 2.45) is 0 Å². The summed E-state index contributed by atoms with van der Waals surface area (Å²) in [4.78, 5) is 0. The lowest BCUT2D eigenvalue weighted by molar-refractivity contribution is 1.19. The van der Waals surface area contributed by atoms with Crippen molar-refractivity contribution in [2.45, 2.75) is 6.42 Å². The topological polar surface area (TPSA) is 0 Å². The predicted octanol–water partition coefficient (Wildman–Crippen LogP) is 3.26. The highest BCUT2D eigenvalue weighted by Crippen LogP contribution is 2.09. The Morgan fingerprint density at radius 2 is 1.40 bits per heavy atom. The summed E-state index contributed by atoms with van der Waals surface area (Å²) >= 11 is 0. The molecule has 0 aliphatic carbocycles. The van der Waals surface area contributed by atoms with Crippen LogP contribution in [0.5, 0.6) is 0 Å². The van der Waals surface area contributed by atoms with Gasteiger partial charge in [-0.3, -0.25) is 0 Å². The van der Waals surface area contributed by atoms with Crippen molar-refractivity contribution in [2.75, 3.05) is 0 Å². The van der Waals surface area contributed by atoms with Gasteiger partial charge in [-0.25, -0.2) is 0 Å². The Kier molecular flexibility index (Phi) is 2.85. The summed E-state index contributed by atoms with van der Waals surface area (Å²) in [5.41, 5.74) is 3.55. The van der Waals surface area contributed by atoms with Crippen molar-refractivity contribution in [3.8, 4) is 12.3 Å². The molecule has 0 saturated heterocycles. The van der Waals surface area contributed by atoms with Crippen LogP contribution in [0.15, 0.2) is 54.6 Å². The zero-order chi connectivity index (χ0) is 10.5. The molecule has 0 aromatic heterocycles. The predicted molar refractivity (Wildman–Crippen MR) is 63.6 cm³/mol. The van der Waals surface area contributed by atoms with Gasteiger partial charge in [-0.15, -0.1) is 6.42 Å². The molecular formula is C15H12. The average molecular weight is 192 g/mol. The van der Waals surface area contributed by atoms with E-state index in [1.54, 1.807) is 0 Å². The van der Waals surface area contributed by atoms with Crippen molar-refractivity contribution in [3.63, 3.8) is 0 Å². The molecule has 2 aromatic carbocycles. The zero-order valence-corrected chi connectivity index (χ0v) is 8.48. The highest BCUT2D eigenvalue weighted by Gasteiger charge is 1.95. The van der Waals surface area contributed by atoms with Gasteiger partial charge in [0.1, 0.15) is 0 Å². The molecule has 0 nitrogen and oxygen atoms in total. The van der Waals surface area contributed by atoms with Crippen LogP contribution in [-0.4, -0.2) is 0 Å². The largest absolute Gasteiger partial charge is 0.115 e. The molecule has 0 aliphatic heterocycles. The quantitative estimate of drug-likeness (QED) is 0.641. The molecule has 0 N–H and O–H groups in total. The van der Waals surface area contributed by atoms with E-state index in [4.69, 9.17) is 6.42 Å². The van der Waals surface area contributed by atoms with Gasteiger partial charge in [0.05, 0.1) is 0 Å². The van der Waals surface area contributed by atoms with E-state index in [-0.39, 0.29) is 0 Å². The van der Waals surface area contributed by atoms with Crippen molar-refractivity contribution in [1.82, 2.24) is 0 Å². The van der Waals surface area contributed by atoms with Crippen molar-refractivity contribution in [1.29, 1.82) is 0 Å². The van der Waals surface area contributed by atoms with Crippen molar-refractivity contribution in [3.05, 3.63) is 71.3 Å². The molecule has 0 spiro atoms. The molecule has 72 valence electrons. The molecule has 0 amide bonds. The summed E-state index contributed by atoms with van der Waals surface area (Å²) in [5.74, 6) is 2.62. The Labute approximate surface area is 90.6 Å². The minimum absolute atomic E-state index is 0.937. The molecule has 15 heavy (non-hydrogen) atoms. The van der Waals surface area contributed by atoms with Gasteiger partial charge in [-0.2, -0.15) is 0 Å². The van der Waals surface area contributed by atoms with Gasteiger partial charge in [-0.1, -0.05) is 48.4 Å². The molecule has 0 heteroatoms. The van der Waals surface area contributed by atoms with E-state index >= 15 is 0 Å². The van der Waals surface area contributed by atoms with Crippen LogP contribution < -0.4 is 0 Å². The Morgan fingerprint density at radius 3 is 2.00 bits per heavy atom. The highest BCUT2D eigenvalue weighted by molar-refractivity contribution is 5.36. The van der Waals surface area contributed by atoms with Crippen LogP contribution in [0.1, 0.15) is 16.7 Å². The average Bonchev–Trinajstić information content (AvgIpc) is 2.31. The molecule has 0 saturated carbocycles. The second-order valence-corrected chi connectivity index (χ2v) is 3.50. The number of hydrogen-bond acceptors (Lipinski definition) is 0. The van der Waals surface area contributed by atoms with E-state index in [1.807, 2.05) is 18.2 Å². The smallest absolute Gasteiger partial charge is 0.0242 e. The zero-order valence-electron chi connectivity index (χ0n) is 8.48. The summed E-state index contributed by atoms with van der Waals surface area (Å²) < 4.78 is 0. The molecule has 0 unspecified atom stereocenters. The van der Waals surface area contributed by atoms with Gasteiger partial charge < -0.3 is 0 Å². The highest BCUT2D eigenvalue weighted by atomic mass is 14.0. The van der Waals surface area contributed by atoms with E-state index in [0.29, 0.717) is 0 Å². The first-order chi connectivity index (χ1) is 7.38. The third kappa shape index (κ3) is 2.48. The standard InChI is InChI=1S/C15H12/c1-2-13-8-10-15(11-9-13)12-14-6-4-3-5-7-14/h1,3-11H,12H2. The van der Waals surface area contributed by atoms with E-state index in [2.05, 4.69) is 42.3 Å². The fourth-order valence-corrected chi connectivity index (χ4v) is 1.55. The normalized spacial score (nSPS) is 9.53. The Hall–Kier alpha value is -2.00. The lowest BCUT2D eigenvalue weighted by Crippen LogP contribution is -1.87. The van der Waals surface area contributed by atoms with Gasteiger partial charge >= 0.3 is 0 Å². The lowest BCUT2D eigenvalue weighted by atomic mass is 10.0. The Balaban J connectivity index is 2.16. The Morgan fingerprint density at radius 1 is 0.800 bits per heavy atom. The van der Waals surface area contributed by atoms with Crippen LogP contribution in [0.3, 0.4) is 0 Å². The summed E-state index contributed by atoms with van der Waals surface area (Å²) in [6.45, 7) is 0. The summed E-state index contributed by atoms with van der Waals surface area (Å²) in [5, 5.41) is 0. The first kappa shape index (κ1) is 9.55. The molecule has 0 heterocycles. The molecule has 0 radical (unpaired) electrons. The Bertz CT molecular complexity index is 458. The number of benzene rings is 2. The van der Waals surface area contributed by atoms with Crippen molar-refractivity contribution >= 4 is 0 Å². The summed E-state index contributed by atoms with van der Waals surface area (Å²) in [6.07, 6.45) is 6.27. The van der Waals surface area contributed by atoms with Gasteiger partial charge in [-0.05, 0) is 29.7 Å². The monoisotopic (exact) mass is 192 g/mol. The van der Waals surface area contributed by atoms with Gasteiger partial charge in [0.15, 0.2) is 0 Å². The minimum atomic E-state index is 0.937. The SMILES string of the molecule is C#Cc1ccc(Cc2ccccc2)cc1. The van der Waals surface area contributed by atoms with E-state index in [1.165, 1.54) is 11.1 Å². The number of rotatable bonds is 2. The molecule has 0 fully saturated rings. The molecule has 2 rings (SSSR count). The van der Waals surface area contributed by atoms with Crippen LogP contribution in [-0.2, 0) is 6.42 Å². The van der Waals surface area contributed by atoms with Crippen LogP contribution in [0, 0.1) is 12.3 Å². The third-order valence-electron chi connectivity index (χ3n) is 2.37. The number of terminal acetylenes is 1. The van der Waals surface area contributed by atoms with E-state index < -0.39 is 0 Å². The molecular weight excluding hydrogens is 180 g/mol. The second-order valence-electron chi connectivity index (χ2n) is 3.50. The molecule has 0 bridgehead atoms. The lowest BCUT2D eigenvalue weighted by Gasteiger charge is -2.01. The maximum absolute atomic E-state index is 5.30. The van der Waals surface area contributed by atoms with Crippen LogP contribution >= 0.6 is 0 Å². The first-order valence-corrected chi connectivity index (χ1v) is 4.98. The van der Waals surface area contributed by atoms with E-state index in [9.17, 15) is 0 Å². The van der Waals surface area contributed by atoms with Crippen LogP contribution in [0.2, 0.25) is 0 Å². The van der Waals surface area contributed by atoms with E-state index in [0.717, 1.165) is 12.0 Å². The minimum Gasteiger partial charge on any atom is -0.115 e. The fourth-order valence-electron chi connectivity index (χ4n) is 1.55. The first-order valence-electron chi connectivity index (χ1n) is 4.98. The fraction of sp³-hybridized carbons (Fsp3) is 0.0667. The van der Waals surface area contributed by atoms with Gasteiger partial charge in [0, 0.05) is 5.56 Å². The second kappa shape index (κ2) is 4.48. The van der Waals surface area contributed by atoms with Crippen LogP contribution in [0.4, 0.5) is 0 Å². The molecule has 0 aliphatic rings. The van der Waals surface area contributed by atoms with Crippen molar-refractivity contribution < 1.29 is 0 Å². The molecule has 2 aromatic rings. The van der Waals surface area contributed by atoms with Gasteiger partial charge in [0.2, 0.25) is 0 Å². The third-order valence-corrected chi connectivity index (χ3v) is 2.37. The summed E-state index contributed by atoms with van der Waals surface area (Å²) in [6, 6.07) is 18.6. The summed E-state index contributed by atoms with van der Waals surface area (Å²) in [7, 11) is 0. The maximum atomic E-state index is 5.30. The molecule has 0 atom stereocenters. The van der Waals surface area contributed by atoms with Crippen LogP contribution in [0.25, 0.3) is 0 Å².